The first kappa shape index (κ1) is 27.5. The lowest BCUT2D eigenvalue weighted by Gasteiger charge is -2.13. The number of amides is 2. The summed E-state index contributed by atoms with van der Waals surface area (Å²) in [4.78, 5) is 47.7. The average molecular weight is 436 g/mol. The summed E-state index contributed by atoms with van der Waals surface area (Å²) in [5, 5.41) is 0. The second-order valence-corrected chi connectivity index (χ2v) is 9.43. The van der Waals surface area contributed by atoms with Gasteiger partial charge in [-0.1, -0.05) is 84.0 Å². The van der Waals surface area contributed by atoms with Gasteiger partial charge in [-0.2, -0.15) is 0 Å². The van der Waals surface area contributed by atoms with Crippen molar-refractivity contribution in [2.24, 2.45) is 5.92 Å². The van der Waals surface area contributed by atoms with E-state index in [0.717, 1.165) is 25.7 Å². The van der Waals surface area contributed by atoms with Crippen LogP contribution in [-0.2, 0) is 19.2 Å². The van der Waals surface area contributed by atoms with Crippen LogP contribution in [0.4, 0.5) is 0 Å². The normalized spacial score (nSPS) is 16.3. The number of unbranched alkanes of at least 4 members (excludes halogenated alkanes) is 13. The second-order valence-electron chi connectivity index (χ2n) is 9.43. The first-order chi connectivity index (χ1) is 14.9. The molecule has 0 aromatic heterocycles. The Hall–Kier alpha value is -1.52. The highest BCUT2D eigenvalue weighted by Gasteiger charge is 2.35. The highest BCUT2D eigenvalue weighted by Crippen LogP contribution is 2.19. The summed E-state index contributed by atoms with van der Waals surface area (Å²) in [6.07, 6.45) is 19.1. The van der Waals surface area contributed by atoms with Gasteiger partial charge in [0.25, 0.3) is 0 Å². The van der Waals surface area contributed by atoms with E-state index in [1.165, 1.54) is 75.5 Å². The minimum absolute atomic E-state index is 0.126. The van der Waals surface area contributed by atoms with Gasteiger partial charge in [-0.25, -0.2) is 0 Å². The molecule has 0 aliphatic carbocycles. The summed E-state index contributed by atoms with van der Waals surface area (Å²) in [6.45, 7) is 3.71. The molecular formula is C26H45NO4. The molecular weight excluding hydrogens is 390 g/mol. The van der Waals surface area contributed by atoms with Crippen molar-refractivity contribution in [3.63, 3.8) is 0 Å². The molecule has 1 aliphatic rings. The van der Waals surface area contributed by atoms with E-state index in [1.54, 1.807) is 13.8 Å². The standard InChI is InChI=1S/C26H45NO4/c1-22-21-25(30)27(26(22)31)20-19-24(29)18-16-14-12-10-8-6-4-3-5-7-9-11-13-15-17-23(2)28/h22H,3-21H2,1-2H3. The minimum atomic E-state index is -0.225. The van der Waals surface area contributed by atoms with E-state index in [-0.39, 0.29) is 36.5 Å². The molecule has 1 heterocycles. The number of ketones is 2. The molecule has 178 valence electrons. The van der Waals surface area contributed by atoms with Gasteiger partial charge in [-0.15, -0.1) is 0 Å². The number of imide groups is 1. The summed E-state index contributed by atoms with van der Waals surface area (Å²) in [7, 11) is 0. The Morgan fingerprint density at radius 3 is 1.52 bits per heavy atom. The van der Waals surface area contributed by atoms with Crippen LogP contribution in [0.3, 0.4) is 0 Å². The van der Waals surface area contributed by atoms with E-state index in [4.69, 9.17) is 0 Å². The molecule has 5 heteroatoms. The van der Waals surface area contributed by atoms with Crippen LogP contribution in [0, 0.1) is 5.92 Å². The highest BCUT2D eigenvalue weighted by atomic mass is 16.2. The molecule has 2 amide bonds. The van der Waals surface area contributed by atoms with Crippen LogP contribution >= 0.6 is 0 Å². The summed E-state index contributed by atoms with van der Waals surface area (Å²) in [6, 6.07) is 0. The largest absolute Gasteiger partial charge is 0.300 e. The van der Waals surface area contributed by atoms with E-state index in [0.29, 0.717) is 18.6 Å². The zero-order valence-corrected chi connectivity index (χ0v) is 20.1. The maximum absolute atomic E-state index is 12.0. The van der Waals surface area contributed by atoms with E-state index in [2.05, 4.69) is 0 Å². The first-order valence-electron chi connectivity index (χ1n) is 12.8. The zero-order chi connectivity index (χ0) is 22.9. The third-order valence-electron chi connectivity index (χ3n) is 6.32. The molecule has 0 N–H and O–H groups in total. The van der Waals surface area contributed by atoms with Gasteiger partial charge < -0.3 is 4.79 Å². The van der Waals surface area contributed by atoms with Crippen LogP contribution in [0.1, 0.15) is 129 Å². The molecule has 0 bridgehead atoms. The van der Waals surface area contributed by atoms with Crippen molar-refractivity contribution in [2.75, 3.05) is 6.54 Å². The van der Waals surface area contributed by atoms with Crippen molar-refractivity contribution in [3.8, 4) is 0 Å². The molecule has 31 heavy (non-hydrogen) atoms. The van der Waals surface area contributed by atoms with Crippen LogP contribution in [0.2, 0.25) is 0 Å². The molecule has 0 aromatic carbocycles. The number of carbonyl (C=O) groups is 4. The monoisotopic (exact) mass is 435 g/mol. The van der Waals surface area contributed by atoms with Crippen molar-refractivity contribution in [2.45, 2.75) is 129 Å². The lowest BCUT2D eigenvalue weighted by molar-refractivity contribution is -0.139. The summed E-state index contributed by atoms with van der Waals surface area (Å²) in [5.41, 5.74) is 0. The Labute approximate surface area is 189 Å². The molecule has 5 nitrogen and oxygen atoms in total. The van der Waals surface area contributed by atoms with Crippen LogP contribution in [0.15, 0.2) is 0 Å². The molecule has 1 rings (SSSR count). The molecule has 1 unspecified atom stereocenters. The maximum atomic E-state index is 12.0. The van der Waals surface area contributed by atoms with Gasteiger partial charge in [0.2, 0.25) is 11.8 Å². The number of hydrogen-bond acceptors (Lipinski definition) is 4. The van der Waals surface area contributed by atoms with Gasteiger partial charge in [0.05, 0.1) is 0 Å². The third-order valence-corrected chi connectivity index (χ3v) is 6.32. The number of nitrogens with zero attached hydrogens (tertiary/aromatic N) is 1. The summed E-state index contributed by atoms with van der Waals surface area (Å²) < 4.78 is 0. The van der Waals surface area contributed by atoms with Gasteiger partial charge in [-0.05, 0) is 19.8 Å². The quantitative estimate of drug-likeness (QED) is 0.169. The average Bonchev–Trinajstić information content (AvgIpc) is 2.97. The fourth-order valence-corrected chi connectivity index (χ4v) is 4.26. The van der Waals surface area contributed by atoms with Crippen molar-refractivity contribution >= 4 is 23.4 Å². The van der Waals surface area contributed by atoms with Crippen molar-refractivity contribution < 1.29 is 19.2 Å². The van der Waals surface area contributed by atoms with Crippen molar-refractivity contribution in [3.05, 3.63) is 0 Å². The maximum Gasteiger partial charge on any atom is 0.232 e. The fraction of sp³-hybridized carbons (Fsp3) is 0.846. The molecule has 1 atom stereocenters. The Morgan fingerprint density at radius 2 is 1.13 bits per heavy atom. The third kappa shape index (κ3) is 13.5. The van der Waals surface area contributed by atoms with Gasteiger partial charge in [0.1, 0.15) is 11.6 Å². The minimum Gasteiger partial charge on any atom is -0.300 e. The SMILES string of the molecule is CC(=O)CCCCCCCCCCCCCCCCC(=O)CCN1C(=O)CC(C)C1=O. The van der Waals surface area contributed by atoms with Gasteiger partial charge >= 0.3 is 0 Å². The van der Waals surface area contributed by atoms with Crippen LogP contribution in [-0.4, -0.2) is 34.8 Å². The van der Waals surface area contributed by atoms with E-state index in [9.17, 15) is 19.2 Å². The number of carbonyl (C=O) groups excluding carboxylic acids is 4. The van der Waals surface area contributed by atoms with Gasteiger partial charge in [0, 0.05) is 38.1 Å². The zero-order valence-electron chi connectivity index (χ0n) is 20.1. The first-order valence-corrected chi connectivity index (χ1v) is 12.8. The van der Waals surface area contributed by atoms with Crippen LogP contribution in [0.25, 0.3) is 0 Å². The Balaban J connectivity index is 1.81. The summed E-state index contributed by atoms with van der Waals surface area (Å²) >= 11 is 0. The second kappa shape index (κ2) is 17.1. The Kier molecular flexibility index (Phi) is 15.2. The molecule has 0 radical (unpaired) electrons. The highest BCUT2D eigenvalue weighted by molar-refractivity contribution is 6.03. The van der Waals surface area contributed by atoms with E-state index >= 15 is 0 Å². The molecule has 0 saturated carbocycles. The lowest BCUT2D eigenvalue weighted by atomic mass is 10.0. The number of hydrogen-bond donors (Lipinski definition) is 0. The van der Waals surface area contributed by atoms with Crippen molar-refractivity contribution in [1.82, 2.24) is 4.90 Å². The van der Waals surface area contributed by atoms with Crippen molar-refractivity contribution in [1.29, 1.82) is 0 Å². The predicted molar refractivity (Wildman–Crippen MR) is 125 cm³/mol. The molecule has 1 aliphatic heterocycles. The number of likely N-dealkylation sites (tertiary alicyclic amines) is 1. The topological polar surface area (TPSA) is 71.5 Å². The van der Waals surface area contributed by atoms with E-state index < -0.39 is 0 Å². The lowest BCUT2D eigenvalue weighted by Crippen LogP contribution is -2.32. The van der Waals surface area contributed by atoms with Crippen LogP contribution in [0.5, 0.6) is 0 Å². The summed E-state index contributed by atoms with van der Waals surface area (Å²) in [5.74, 6) is -0.00467. The van der Waals surface area contributed by atoms with Crippen LogP contribution < -0.4 is 0 Å². The Morgan fingerprint density at radius 1 is 0.710 bits per heavy atom. The molecule has 0 spiro atoms. The number of rotatable bonds is 20. The molecule has 0 aromatic rings. The van der Waals surface area contributed by atoms with E-state index in [1.807, 2.05) is 0 Å². The van der Waals surface area contributed by atoms with Gasteiger partial charge in [-0.3, -0.25) is 19.3 Å². The molecule has 1 fully saturated rings. The number of Topliss-reactive ketones (excluding diaryl/α,β-unsaturated/α-hetero) is 2. The van der Waals surface area contributed by atoms with Gasteiger partial charge in [0.15, 0.2) is 0 Å². The smallest absolute Gasteiger partial charge is 0.232 e. The Bertz CT molecular complexity index is 558. The predicted octanol–water partition coefficient (Wildman–Crippen LogP) is 6.17. The fourth-order valence-electron chi connectivity index (χ4n) is 4.26. The molecule has 1 saturated heterocycles.